The highest BCUT2D eigenvalue weighted by Crippen LogP contribution is 2.28. The smallest absolute Gasteiger partial charge is 0.422 e. The number of para-hydroxylation sites is 2. The number of carboxylic acid groups (broad SMARTS) is 1. The highest BCUT2D eigenvalue weighted by Gasteiger charge is 2.29. The maximum absolute atomic E-state index is 12.0. The van der Waals surface area contributed by atoms with Gasteiger partial charge in [-0.3, -0.25) is 4.79 Å². The fraction of sp³-hybridized carbons (Fsp3) is 0.333. The summed E-state index contributed by atoms with van der Waals surface area (Å²) in [6.07, 6.45) is -5.51. The number of aliphatic carboxylic acids is 1. The third-order valence-electron chi connectivity index (χ3n) is 2.00. The van der Waals surface area contributed by atoms with E-state index in [9.17, 15) is 27.9 Å². The number of carbonyl (C=O) groups is 2. The van der Waals surface area contributed by atoms with Gasteiger partial charge in [-0.25, -0.2) is 0 Å². The Morgan fingerprint density at radius 2 is 1.70 bits per heavy atom. The molecule has 5 nitrogen and oxygen atoms in total. The van der Waals surface area contributed by atoms with Crippen molar-refractivity contribution in [2.75, 3.05) is 6.61 Å². The van der Waals surface area contributed by atoms with E-state index in [2.05, 4.69) is 4.74 Å². The fourth-order valence-corrected chi connectivity index (χ4v) is 1.19. The molecular formula is C12H10F3O5-. The molecule has 0 bridgehead atoms. The fourth-order valence-electron chi connectivity index (χ4n) is 1.19. The van der Waals surface area contributed by atoms with E-state index in [1.54, 1.807) is 0 Å². The Bertz CT molecular complexity index is 484. The van der Waals surface area contributed by atoms with Gasteiger partial charge in [-0.05, 0) is 18.6 Å². The maximum Gasteiger partial charge on any atom is 0.422 e. The molecule has 0 amide bonds. The standard InChI is InChI=1S/C12H11F3O5/c13-12(14,15)7-19-8-3-1-2-4-9(8)20-11(18)6-5-10(16)17/h1-4H,5-7H2,(H,16,17)/p-1. The van der Waals surface area contributed by atoms with Crippen LogP contribution in [0.5, 0.6) is 11.5 Å². The third-order valence-corrected chi connectivity index (χ3v) is 2.00. The van der Waals surface area contributed by atoms with Crippen LogP contribution in [0.3, 0.4) is 0 Å². The molecule has 0 aliphatic rings. The number of esters is 1. The van der Waals surface area contributed by atoms with Gasteiger partial charge in [-0.15, -0.1) is 0 Å². The lowest BCUT2D eigenvalue weighted by Crippen LogP contribution is -2.24. The molecular weight excluding hydrogens is 281 g/mol. The minimum absolute atomic E-state index is 0.208. The van der Waals surface area contributed by atoms with Crippen molar-refractivity contribution >= 4 is 11.9 Å². The van der Waals surface area contributed by atoms with Crippen molar-refractivity contribution in [3.63, 3.8) is 0 Å². The summed E-state index contributed by atoms with van der Waals surface area (Å²) in [6, 6.07) is 5.28. The summed E-state index contributed by atoms with van der Waals surface area (Å²) in [4.78, 5) is 21.4. The molecule has 0 radical (unpaired) electrons. The number of carboxylic acids is 1. The molecule has 1 rings (SSSR count). The average molecular weight is 291 g/mol. The summed E-state index contributed by atoms with van der Waals surface area (Å²) in [7, 11) is 0. The molecule has 20 heavy (non-hydrogen) atoms. The third kappa shape index (κ3) is 6.07. The lowest BCUT2D eigenvalue weighted by Gasteiger charge is -2.12. The number of carbonyl (C=O) groups excluding carboxylic acids is 2. The van der Waals surface area contributed by atoms with E-state index < -0.39 is 37.6 Å². The van der Waals surface area contributed by atoms with Gasteiger partial charge < -0.3 is 19.4 Å². The second-order valence-corrected chi connectivity index (χ2v) is 3.70. The molecule has 1 aromatic carbocycles. The number of benzene rings is 1. The number of alkyl halides is 3. The normalized spacial score (nSPS) is 10.9. The van der Waals surface area contributed by atoms with Crippen LogP contribution in [0.25, 0.3) is 0 Å². The SMILES string of the molecule is O=C([O-])CCC(=O)Oc1ccccc1OCC(F)(F)F. The van der Waals surface area contributed by atoms with Crippen LogP contribution in [0.15, 0.2) is 24.3 Å². The quantitative estimate of drug-likeness (QED) is 0.578. The summed E-state index contributed by atoms with van der Waals surface area (Å²) < 4.78 is 45.4. The van der Waals surface area contributed by atoms with Gasteiger partial charge in [0.25, 0.3) is 0 Å². The molecule has 0 unspecified atom stereocenters. The summed E-state index contributed by atoms with van der Waals surface area (Å²) in [5, 5.41) is 10.2. The van der Waals surface area contributed by atoms with Crippen LogP contribution < -0.4 is 14.6 Å². The maximum atomic E-state index is 12.0. The number of ether oxygens (including phenoxy) is 2. The van der Waals surface area contributed by atoms with Crippen LogP contribution in [0.4, 0.5) is 13.2 Å². The van der Waals surface area contributed by atoms with Crippen molar-refractivity contribution in [2.45, 2.75) is 19.0 Å². The molecule has 0 N–H and O–H groups in total. The van der Waals surface area contributed by atoms with Crippen molar-refractivity contribution in [3.8, 4) is 11.5 Å². The van der Waals surface area contributed by atoms with E-state index in [1.807, 2.05) is 0 Å². The van der Waals surface area contributed by atoms with Gasteiger partial charge >= 0.3 is 12.1 Å². The molecule has 0 saturated heterocycles. The number of halogens is 3. The Hall–Kier alpha value is -2.25. The van der Waals surface area contributed by atoms with Crippen LogP contribution in [-0.2, 0) is 9.59 Å². The zero-order valence-electron chi connectivity index (χ0n) is 10.1. The second kappa shape index (κ2) is 6.78. The average Bonchev–Trinajstić information content (AvgIpc) is 2.34. The van der Waals surface area contributed by atoms with E-state index in [1.165, 1.54) is 24.3 Å². The molecule has 0 heterocycles. The lowest BCUT2D eigenvalue weighted by molar-refractivity contribution is -0.305. The highest BCUT2D eigenvalue weighted by atomic mass is 19.4. The highest BCUT2D eigenvalue weighted by molar-refractivity contribution is 5.77. The molecule has 1 aromatic rings. The molecule has 0 aromatic heterocycles. The van der Waals surface area contributed by atoms with E-state index in [0.29, 0.717) is 0 Å². The van der Waals surface area contributed by atoms with Gasteiger partial charge in [0.1, 0.15) is 0 Å². The van der Waals surface area contributed by atoms with Gasteiger partial charge in [0.05, 0.1) is 6.42 Å². The number of rotatable bonds is 6. The topological polar surface area (TPSA) is 75.7 Å². The number of hydrogen-bond donors (Lipinski definition) is 0. The van der Waals surface area contributed by atoms with Gasteiger partial charge in [0.15, 0.2) is 18.1 Å². The van der Waals surface area contributed by atoms with Crippen LogP contribution in [0.1, 0.15) is 12.8 Å². The van der Waals surface area contributed by atoms with Crippen LogP contribution >= 0.6 is 0 Å². The van der Waals surface area contributed by atoms with Crippen molar-refractivity contribution in [2.24, 2.45) is 0 Å². The van der Waals surface area contributed by atoms with Gasteiger partial charge in [0.2, 0.25) is 0 Å². The Morgan fingerprint density at radius 3 is 2.25 bits per heavy atom. The van der Waals surface area contributed by atoms with E-state index in [4.69, 9.17) is 4.74 Å². The Balaban J connectivity index is 2.65. The van der Waals surface area contributed by atoms with Crippen LogP contribution in [0.2, 0.25) is 0 Å². The largest absolute Gasteiger partial charge is 0.550 e. The predicted octanol–water partition coefficient (Wildman–Crippen LogP) is 1.06. The minimum atomic E-state index is -4.52. The monoisotopic (exact) mass is 291 g/mol. The van der Waals surface area contributed by atoms with Crippen molar-refractivity contribution < 1.29 is 37.3 Å². The lowest BCUT2D eigenvalue weighted by atomic mass is 10.3. The molecule has 110 valence electrons. The van der Waals surface area contributed by atoms with Gasteiger partial charge in [0, 0.05) is 5.97 Å². The zero-order chi connectivity index (χ0) is 15.2. The van der Waals surface area contributed by atoms with E-state index in [0.717, 1.165) is 0 Å². The zero-order valence-corrected chi connectivity index (χ0v) is 10.1. The van der Waals surface area contributed by atoms with Crippen molar-refractivity contribution in [1.29, 1.82) is 0 Å². The molecule has 0 aliphatic heterocycles. The van der Waals surface area contributed by atoms with E-state index >= 15 is 0 Å². The molecule has 0 aliphatic carbocycles. The van der Waals surface area contributed by atoms with Crippen LogP contribution in [0, 0.1) is 0 Å². The summed E-state index contributed by atoms with van der Waals surface area (Å²) in [5.41, 5.74) is 0. The molecule has 0 fully saturated rings. The first-order chi connectivity index (χ1) is 9.28. The summed E-state index contributed by atoms with van der Waals surface area (Å²) >= 11 is 0. The molecule has 0 atom stereocenters. The van der Waals surface area contributed by atoms with Crippen LogP contribution in [-0.4, -0.2) is 24.7 Å². The summed E-state index contributed by atoms with van der Waals surface area (Å²) in [6.45, 7) is -1.53. The van der Waals surface area contributed by atoms with E-state index in [-0.39, 0.29) is 11.5 Å². The number of hydrogen-bond acceptors (Lipinski definition) is 5. The van der Waals surface area contributed by atoms with Crippen molar-refractivity contribution in [1.82, 2.24) is 0 Å². The first-order valence-electron chi connectivity index (χ1n) is 5.47. The Kier molecular flexibility index (Phi) is 5.36. The molecule has 0 saturated carbocycles. The Morgan fingerprint density at radius 1 is 1.10 bits per heavy atom. The Labute approximate surface area is 111 Å². The second-order valence-electron chi connectivity index (χ2n) is 3.70. The first-order valence-corrected chi connectivity index (χ1v) is 5.47. The predicted molar refractivity (Wildman–Crippen MR) is 57.9 cm³/mol. The van der Waals surface area contributed by atoms with Crippen molar-refractivity contribution in [3.05, 3.63) is 24.3 Å². The van der Waals surface area contributed by atoms with Gasteiger partial charge in [-0.1, -0.05) is 12.1 Å². The van der Waals surface area contributed by atoms with Gasteiger partial charge in [-0.2, -0.15) is 13.2 Å². The summed E-state index contributed by atoms with van der Waals surface area (Å²) in [5.74, 6) is -2.80. The molecule has 8 heteroatoms. The molecule has 0 spiro atoms. The minimum Gasteiger partial charge on any atom is -0.550 e. The first kappa shape index (κ1) is 15.8.